The van der Waals surface area contributed by atoms with Crippen molar-refractivity contribution in [3.63, 3.8) is 0 Å². The molecule has 1 fully saturated rings. The molecule has 4 aromatic rings. The van der Waals surface area contributed by atoms with Crippen molar-refractivity contribution in [2.24, 2.45) is 5.73 Å². The Kier molecular flexibility index (Phi) is 7.47. The van der Waals surface area contributed by atoms with Crippen molar-refractivity contribution in [2.75, 3.05) is 0 Å². The van der Waals surface area contributed by atoms with Crippen molar-refractivity contribution in [3.8, 4) is 10.6 Å². The highest BCUT2D eigenvalue weighted by Crippen LogP contribution is 2.53. The van der Waals surface area contributed by atoms with Crippen LogP contribution in [0.2, 0.25) is 0 Å². The van der Waals surface area contributed by atoms with Gasteiger partial charge >= 0.3 is 18.1 Å². The number of aliphatic carboxylic acids is 2. The highest BCUT2D eigenvalue weighted by Gasteiger charge is 2.47. The van der Waals surface area contributed by atoms with Crippen molar-refractivity contribution in [2.45, 2.75) is 36.9 Å². The molecule has 0 radical (unpaired) electrons. The molecule has 2 aromatic carbocycles. The highest BCUT2D eigenvalue weighted by atomic mass is 32.1. The van der Waals surface area contributed by atoms with Gasteiger partial charge in [0.15, 0.2) is 0 Å². The van der Waals surface area contributed by atoms with E-state index in [4.69, 9.17) is 25.7 Å². The molecule has 1 aliphatic carbocycles. The van der Waals surface area contributed by atoms with Gasteiger partial charge in [0.2, 0.25) is 0 Å². The van der Waals surface area contributed by atoms with Gasteiger partial charge in [-0.05, 0) is 54.7 Å². The zero-order chi connectivity index (χ0) is 27.7. The molecule has 2 heterocycles. The van der Waals surface area contributed by atoms with Gasteiger partial charge in [-0.1, -0.05) is 47.7 Å². The third kappa shape index (κ3) is 5.81. The number of carbonyl (C=O) groups is 2. The Morgan fingerprint density at radius 2 is 1.68 bits per heavy atom. The summed E-state index contributed by atoms with van der Waals surface area (Å²) in [7, 11) is 0. The summed E-state index contributed by atoms with van der Waals surface area (Å²) in [5.74, 6) is -4.31. The SMILES string of the molecule is N[C@H](Cc1ccc(-c2nc3ccc(C4(c5ccccc5)CC4)nc3s2)c(F)c1)C(=O)O.O=C(O)C(F)(F)F. The van der Waals surface area contributed by atoms with Gasteiger partial charge in [-0.2, -0.15) is 13.2 Å². The lowest BCUT2D eigenvalue weighted by Gasteiger charge is -2.14. The van der Waals surface area contributed by atoms with Gasteiger partial charge in [0.05, 0.1) is 5.69 Å². The summed E-state index contributed by atoms with van der Waals surface area (Å²) in [6.07, 6.45) is -2.88. The molecule has 1 saturated carbocycles. The molecule has 0 bridgehead atoms. The second-order valence-corrected chi connectivity index (χ2v) is 9.73. The van der Waals surface area contributed by atoms with Gasteiger partial charge in [-0.15, -0.1) is 0 Å². The van der Waals surface area contributed by atoms with E-state index < -0.39 is 30.0 Å². The van der Waals surface area contributed by atoms with Crippen LogP contribution in [0.4, 0.5) is 17.6 Å². The van der Waals surface area contributed by atoms with Crippen LogP contribution in [0.3, 0.4) is 0 Å². The van der Waals surface area contributed by atoms with Crippen LogP contribution in [0, 0.1) is 5.82 Å². The van der Waals surface area contributed by atoms with Crippen LogP contribution in [-0.2, 0) is 21.4 Å². The predicted octanol–water partition coefficient (Wildman–Crippen LogP) is 5.17. The number of fused-ring (bicyclic) bond motifs is 1. The number of rotatable bonds is 6. The van der Waals surface area contributed by atoms with Crippen LogP contribution in [0.25, 0.3) is 20.9 Å². The zero-order valence-corrected chi connectivity index (χ0v) is 20.4. The van der Waals surface area contributed by atoms with E-state index in [0.717, 1.165) is 28.9 Å². The fourth-order valence-electron chi connectivity index (χ4n) is 3.97. The maximum Gasteiger partial charge on any atom is 0.490 e. The number of carboxylic acid groups (broad SMARTS) is 2. The fraction of sp³-hybridized carbons (Fsp3) is 0.231. The summed E-state index contributed by atoms with van der Waals surface area (Å²) in [4.78, 5) is 30.1. The number of hydrogen-bond acceptors (Lipinski definition) is 6. The minimum Gasteiger partial charge on any atom is -0.480 e. The topological polar surface area (TPSA) is 126 Å². The standard InChI is InChI=1S/C24H20FN3O2S.C2HF3O2/c25-17-12-14(13-18(26)23(29)30)6-7-16(17)21-27-19-8-9-20(28-22(19)31-21)24(10-11-24)15-4-2-1-3-5-15;3-2(4,5)1(6)7/h1-9,12,18H,10-11,13,26H2,(H,29,30);(H,6,7)/t18-;/m1./s1. The van der Waals surface area contributed by atoms with Gasteiger partial charge in [0.1, 0.15) is 27.2 Å². The predicted molar refractivity (Wildman–Crippen MR) is 132 cm³/mol. The monoisotopic (exact) mass is 547 g/mol. The van der Waals surface area contributed by atoms with E-state index in [-0.39, 0.29) is 11.8 Å². The zero-order valence-electron chi connectivity index (χ0n) is 19.6. The fourth-order valence-corrected chi connectivity index (χ4v) is 4.94. The second kappa shape index (κ2) is 10.5. The summed E-state index contributed by atoms with van der Waals surface area (Å²) < 4.78 is 46.5. The maximum atomic E-state index is 14.8. The molecule has 0 unspecified atom stereocenters. The first-order valence-corrected chi connectivity index (χ1v) is 12.1. The number of pyridine rings is 1. The molecule has 5 rings (SSSR count). The number of thiazole rings is 1. The van der Waals surface area contributed by atoms with Crippen molar-refractivity contribution in [1.82, 2.24) is 9.97 Å². The molecule has 1 aliphatic rings. The van der Waals surface area contributed by atoms with Crippen LogP contribution >= 0.6 is 11.3 Å². The number of aromatic nitrogens is 2. The van der Waals surface area contributed by atoms with E-state index in [1.165, 1.54) is 23.0 Å². The Balaban J connectivity index is 0.000000426. The van der Waals surface area contributed by atoms with Gasteiger partial charge in [-0.3, -0.25) is 4.79 Å². The maximum absolute atomic E-state index is 14.8. The average molecular weight is 548 g/mol. The number of hydrogen-bond donors (Lipinski definition) is 3. The Morgan fingerprint density at radius 3 is 2.24 bits per heavy atom. The van der Waals surface area contributed by atoms with Gasteiger partial charge in [-0.25, -0.2) is 19.2 Å². The Morgan fingerprint density at radius 1 is 1.03 bits per heavy atom. The molecule has 0 amide bonds. The highest BCUT2D eigenvalue weighted by molar-refractivity contribution is 7.21. The smallest absolute Gasteiger partial charge is 0.480 e. The number of benzene rings is 2. The average Bonchev–Trinajstić information content (AvgIpc) is 3.57. The van der Waals surface area contributed by atoms with E-state index in [1.54, 1.807) is 12.1 Å². The summed E-state index contributed by atoms with van der Waals surface area (Å²) in [5, 5.41) is 16.6. The molecule has 0 aliphatic heterocycles. The van der Waals surface area contributed by atoms with E-state index in [1.807, 2.05) is 18.2 Å². The summed E-state index contributed by atoms with van der Waals surface area (Å²) in [6, 6.07) is 18.0. The van der Waals surface area contributed by atoms with E-state index >= 15 is 0 Å². The normalized spacial score (nSPS) is 14.9. The largest absolute Gasteiger partial charge is 0.490 e. The molecule has 0 saturated heterocycles. The van der Waals surface area contributed by atoms with Crippen molar-refractivity contribution < 1.29 is 37.4 Å². The lowest BCUT2D eigenvalue weighted by Crippen LogP contribution is -2.32. The summed E-state index contributed by atoms with van der Waals surface area (Å²) in [5.41, 5.74) is 9.48. The molecular formula is C26H21F4N3O4S. The molecule has 12 heteroatoms. The number of alkyl halides is 3. The molecular weight excluding hydrogens is 526 g/mol. The third-order valence-corrected chi connectivity index (χ3v) is 7.10. The summed E-state index contributed by atoms with van der Waals surface area (Å²) in [6.45, 7) is 0. The van der Waals surface area contributed by atoms with Crippen molar-refractivity contribution in [3.05, 3.63) is 83.3 Å². The van der Waals surface area contributed by atoms with E-state index in [9.17, 15) is 22.4 Å². The van der Waals surface area contributed by atoms with Gasteiger partial charge in [0.25, 0.3) is 0 Å². The number of nitrogens with two attached hydrogens (primary N) is 1. The van der Waals surface area contributed by atoms with Crippen molar-refractivity contribution >= 4 is 33.6 Å². The molecule has 38 heavy (non-hydrogen) atoms. The quantitative estimate of drug-likeness (QED) is 0.285. The first-order chi connectivity index (χ1) is 17.9. The molecule has 0 spiro atoms. The molecule has 1 atom stereocenters. The molecule has 4 N–H and O–H groups in total. The minimum absolute atomic E-state index is 0.0323. The third-order valence-electron chi connectivity index (χ3n) is 6.10. The van der Waals surface area contributed by atoms with Gasteiger partial charge in [0, 0.05) is 11.0 Å². The van der Waals surface area contributed by atoms with Crippen LogP contribution in [0.1, 0.15) is 29.7 Å². The number of halogens is 4. The van der Waals surface area contributed by atoms with Gasteiger partial charge < -0.3 is 15.9 Å². The van der Waals surface area contributed by atoms with E-state index in [2.05, 4.69) is 29.2 Å². The van der Waals surface area contributed by atoms with Crippen molar-refractivity contribution in [1.29, 1.82) is 0 Å². The van der Waals surface area contributed by atoms with E-state index in [0.29, 0.717) is 16.1 Å². The lowest BCUT2D eigenvalue weighted by atomic mass is 9.92. The Bertz CT molecular complexity index is 1490. The number of carboxylic acids is 2. The van der Waals surface area contributed by atoms with Crippen LogP contribution in [0.15, 0.2) is 60.7 Å². The molecule has 198 valence electrons. The first-order valence-electron chi connectivity index (χ1n) is 11.3. The molecule has 2 aromatic heterocycles. The van der Waals surface area contributed by atoms with Crippen LogP contribution < -0.4 is 5.73 Å². The Labute approximate surface area is 217 Å². The molecule has 7 nitrogen and oxygen atoms in total. The Hall–Kier alpha value is -3.90. The summed E-state index contributed by atoms with van der Waals surface area (Å²) >= 11 is 1.36. The second-order valence-electron chi connectivity index (χ2n) is 8.75. The lowest BCUT2D eigenvalue weighted by molar-refractivity contribution is -0.192. The first kappa shape index (κ1) is 27.1. The number of nitrogens with zero attached hydrogens (tertiary/aromatic N) is 2. The minimum atomic E-state index is -5.08. The van der Waals surface area contributed by atoms with Crippen LogP contribution in [-0.4, -0.2) is 44.3 Å². The van der Waals surface area contributed by atoms with Crippen LogP contribution in [0.5, 0.6) is 0 Å².